The number of aromatic nitrogens is 4. The first kappa shape index (κ1) is 17.8. The number of fused-ring (bicyclic) bond motifs is 1. The fourth-order valence-electron chi connectivity index (χ4n) is 2.62. The second kappa shape index (κ2) is 7.20. The van der Waals surface area contributed by atoms with Gasteiger partial charge in [-0.1, -0.05) is 13.3 Å². The molecule has 0 saturated heterocycles. The van der Waals surface area contributed by atoms with Crippen LogP contribution in [0.4, 0.5) is 15.2 Å². The Morgan fingerprint density at radius 1 is 1.27 bits per heavy atom. The molecule has 4 heterocycles. The Balaban J connectivity index is 1.52. The van der Waals surface area contributed by atoms with E-state index in [1.807, 2.05) is 63.1 Å². The zero-order chi connectivity index (χ0) is 18.1. The summed E-state index contributed by atoms with van der Waals surface area (Å²) in [7, 11) is 0. The lowest BCUT2D eigenvalue weighted by molar-refractivity contribution is 0.289. The molecule has 4 aromatic heterocycles. The molecule has 0 amide bonds. The summed E-state index contributed by atoms with van der Waals surface area (Å²) in [5.41, 5.74) is 3.06. The molecule has 0 radical (unpaired) electrons. The van der Waals surface area contributed by atoms with E-state index in [9.17, 15) is 4.39 Å². The Hall–Kier alpha value is -1.59. The fraction of sp³-hybridized carbons (Fsp3) is 0.235. The molecule has 0 bridgehead atoms. The molecule has 26 heavy (non-hydrogen) atoms. The molecule has 4 rings (SSSR count). The summed E-state index contributed by atoms with van der Waals surface area (Å²) in [6.07, 6.45) is 6.69. The highest BCUT2D eigenvalue weighted by atomic mass is 127. The van der Waals surface area contributed by atoms with Crippen molar-refractivity contribution in [3.05, 3.63) is 47.2 Å². The van der Waals surface area contributed by atoms with E-state index in [2.05, 4.69) is 20.3 Å². The van der Waals surface area contributed by atoms with Crippen LogP contribution in [0.3, 0.4) is 0 Å². The first-order valence-corrected chi connectivity index (χ1v) is 10.9. The number of hydrogen-bond acceptors (Lipinski definition) is 6. The maximum absolute atomic E-state index is 14.5. The molecule has 5 nitrogen and oxygen atoms in total. The number of halogens is 2. The van der Waals surface area contributed by atoms with Crippen LogP contribution in [-0.2, 0) is 3.68 Å². The van der Waals surface area contributed by atoms with E-state index in [0.717, 1.165) is 33.6 Å². The third kappa shape index (κ3) is 3.47. The number of alkyl halides is 2. The quantitative estimate of drug-likeness (QED) is 0.261. The summed E-state index contributed by atoms with van der Waals surface area (Å²) in [6, 6.07) is 3.56. The Labute approximate surface area is 171 Å². The summed E-state index contributed by atoms with van der Waals surface area (Å²) in [5, 5.41) is 7.98. The average Bonchev–Trinajstić information content (AvgIpc) is 3.32. The number of pyridine rings is 1. The molecular formula is C17H15FIN5S2. The topological polar surface area (TPSA) is 55.1 Å². The number of hydrogen-bond donors (Lipinski definition) is 1. The van der Waals surface area contributed by atoms with E-state index < -0.39 is 3.68 Å². The zero-order valence-electron chi connectivity index (χ0n) is 13.8. The number of thiazole rings is 2. The van der Waals surface area contributed by atoms with Crippen LogP contribution in [0.25, 0.3) is 16.3 Å². The van der Waals surface area contributed by atoms with Crippen molar-refractivity contribution in [1.29, 1.82) is 0 Å². The largest absolute Gasteiger partial charge is 0.330 e. The van der Waals surface area contributed by atoms with E-state index in [4.69, 9.17) is 0 Å². The predicted octanol–water partition coefficient (Wildman–Crippen LogP) is 6.02. The van der Waals surface area contributed by atoms with Crippen LogP contribution in [0.5, 0.6) is 0 Å². The van der Waals surface area contributed by atoms with Gasteiger partial charge in [-0.2, -0.15) is 0 Å². The number of nitrogens with one attached hydrogen (secondary N) is 1. The molecule has 9 heteroatoms. The van der Waals surface area contributed by atoms with E-state index in [1.54, 1.807) is 23.6 Å². The normalized spacial score (nSPS) is 13.8. The van der Waals surface area contributed by atoms with Crippen LogP contribution < -0.4 is 5.32 Å². The van der Waals surface area contributed by atoms with Gasteiger partial charge in [0.05, 0.1) is 29.5 Å². The maximum atomic E-state index is 14.5. The summed E-state index contributed by atoms with van der Waals surface area (Å²) in [5.74, 6) is 0. The van der Waals surface area contributed by atoms with Gasteiger partial charge in [0.25, 0.3) is 0 Å². The first-order valence-electron chi connectivity index (χ1n) is 8.04. The highest BCUT2D eigenvalue weighted by Gasteiger charge is 2.28. The molecule has 0 aromatic carbocycles. The third-order valence-electron chi connectivity index (χ3n) is 3.87. The van der Waals surface area contributed by atoms with E-state index in [-0.39, 0.29) is 0 Å². The lowest BCUT2D eigenvalue weighted by Gasteiger charge is -2.17. The number of anilines is 2. The Kier molecular flexibility index (Phi) is 4.93. The Morgan fingerprint density at radius 2 is 2.15 bits per heavy atom. The molecule has 1 atom stereocenters. The van der Waals surface area contributed by atoms with E-state index in [1.165, 1.54) is 11.3 Å². The van der Waals surface area contributed by atoms with Gasteiger partial charge in [-0.05, 0) is 41.1 Å². The highest BCUT2D eigenvalue weighted by molar-refractivity contribution is 14.1. The van der Waals surface area contributed by atoms with Crippen LogP contribution in [-0.4, -0.2) is 19.4 Å². The Bertz CT molecular complexity index is 1020. The van der Waals surface area contributed by atoms with Crippen molar-refractivity contribution in [3.8, 4) is 11.4 Å². The lowest BCUT2D eigenvalue weighted by atomic mass is 10.1. The lowest BCUT2D eigenvalue weighted by Crippen LogP contribution is -2.12. The van der Waals surface area contributed by atoms with Gasteiger partial charge in [-0.15, -0.1) is 22.7 Å². The van der Waals surface area contributed by atoms with Gasteiger partial charge in [0, 0.05) is 17.0 Å². The molecule has 0 aliphatic carbocycles. The molecule has 0 saturated carbocycles. The minimum atomic E-state index is -1.42. The van der Waals surface area contributed by atoms with Gasteiger partial charge in [-0.3, -0.25) is 9.38 Å². The van der Waals surface area contributed by atoms with Crippen molar-refractivity contribution in [1.82, 2.24) is 19.4 Å². The molecule has 4 aromatic rings. The van der Waals surface area contributed by atoms with Gasteiger partial charge in [-0.25, -0.2) is 14.4 Å². The fourth-order valence-corrected chi connectivity index (χ4v) is 4.89. The van der Waals surface area contributed by atoms with E-state index >= 15 is 0 Å². The minimum Gasteiger partial charge on any atom is -0.330 e. The second-order valence-electron chi connectivity index (χ2n) is 5.75. The summed E-state index contributed by atoms with van der Waals surface area (Å²) < 4.78 is 15.1. The van der Waals surface area contributed by atoms with Gasteiger partial charge in [0.15, 0.2) is 10.1 Å². The van der Waals surface area contributed by atoms with Crippen molar-refractivity contribution in [2.24, 2.45) is 0 Å². The molecular weight excluding hydrogens is 484 g/mol. The molecule has 134 valence electrons. The van der Waals surface area contributed by atoms with Crippen LogP contribution in [0.1, 0.15) is 25.5 Å². The van der Waals surface area contributed by atoms with Crippen LogP contribution >= 0.6 is 45.3 Å². The van der Waals surface area contributed by atoms with E-state index in [0.29, 0.717) is 12.1 Å². The SMILES string of the molecule is CCCC(F)(I)c1ccc(Nc2nc(-c3cnc4sccn34)cs2)cn1. The minimum absolute atomic E-state index is 0.449. The molecule has 1 unspecified atom stereocenters. The smallest absolute Gasteiger partial charge is 0.202 e. The number of rotatable bonds is 6. The highest BCUT2D eigenvalue weighted by Crippen LogP contribution is 2.37. The molecule has 0 fully saturated rings. The second-order valence-corrected chi connectivity index (χ2v) is 9.19. The van der Waals surface area contributed by atoms with Gasteiger partial charge in [0.1, 0.15) is 5.69 Å². The third-order valence-corrected chi connectivity index (χ3v) is 6.49. The van der Waals surface area contributed by atoms with Crippen LogP contribution in [0.15, 0.2) is 41.5 Å². The summed E-state index contributed by atoms with van der Waals surface area (Å²) >= 11 is 4.92. The zero-order valence-corrected chi connectivity index (χ0v) is 17.6. The predicted molar refractivity (Wildman–Crippen MR) is 113 cm³/mol. The van der Waals surface area contributed by atoms with Crippen LogP contribution in [0.2, 0.25) is 0 Å². The molecule has 1 N–H and O–H groups in total. The summed E-state index contributed by atoms with van der Waals surface area (Å²) in [6.45, 7) is 1.97. The van der Waals surface area contributed by atoms with Gasteiger partial charge in [0.2, 0.25) is 3.68 Å². The van der Waals surface area contributed by atoms with Gasteiger partial charge >= 0.3 is 0 Å². The van der Waals surface area contributed by atoms with Crippen molar-refractivity contribution in [2.75, 3.05) is 5.32 Å². The van der Waals surface area contributed by atoms with Gasteiger partial charge < -0.3 is 5.32 Å². The van der Waals surface area contributed by atoms with Crippen molar-refractivity contribution >= 4 is 61.0 Å². The molecule has 0 aliphatic rings. The average molecular weight is 499 g/mol. The molecule has 0 spiro atoms. The van der Waals surface area contributed by atoms with Crippen molar-refractivity contribution in [3.63, 3.8) is 0 Å². The van der Waals surface area contributed by atoms with Crippen molar-refractivity contribution in [2.45, 2.75) is 23.4 Å². The first-order chi connectivity index (χ1) is 12.6. The number of imidazole rings is 1. The number of nitrogens with zero attached hydrogens (tertiary/aromatic N) is 4. The Morgan fingerprint density at radius 3 is 2.92 bits per heavy atom. The standard InChI is InChI=1S/C17H15FIN5S2/c1-2-5-17(18,19)14-4-3-11(8-20-14)22-15-23-12(10-26-15)13-9-21-16-24(13)6-7-25-16/h3-4,6-10H,2,5H2,1H3,(H,22,23). The van der Waals surface area contributed by atoms with Crippen molar-refractivity contribution < 1.29 is 4.39 Å². The summed E-state index contributed by atoms with van der Waals surface area (Å²) in [4.78, 5) is 14.2. The molecule has 0 aliphatic heterocycles. The maximum Gasteiger partial charge on any atom is 0.202 e. The monoisotopic (exact) mass is 499 g/mol. The van der Waals surface area contributed by atoms with Crippen LogP contribution in [0, 0.1) is 0 Å².